The number of pyridine rings is 1. The zero-order valence-electron chi connectivity index (χ0n) is 11.8. The van der Waals surface area contributed by atoms with Gasteiger partial charge in [0.15, 0.2) is 11.5 Å². The quantitative estimate of drug-likeness (QED) is 0.884. The molecule has 5 nitrogen and oxygen atoms in total. The minimum atomic E-state index is 0.253. The van der Waals surface area contributed by atoms with Crippen LogP contribution in [0, 0.1) is 5.41 Å². The summed E-state index contributed by atoms with van der Waals surface area (Å²) in [4.78, 5) is 4.45. The van der Waals surface area contributed by atoms with Gasteiger partial charge in [-0.05, 0) is 48.3 Å². The van der Waals surface area contributed by atoms with E-state index >= 15 is 0 Å². The maximum atomic E-state index is 9.14. The summed E-state index contributed by atoms with van der Waals surface area (Å²) in [6, 6.07) is 5.95. The smallest absolute Gasteiger partial charge is 0.231 e. The monoisotopic (exact) mass is 286 g/mol. The number of aliphatic hydroxyl groups excluding tert-OH is 1. The molecule has 0 radical (unpaired) electrons. The van der Waals surface area contributed by atoms with Crippen molar-refractivity contribution in [2.45, 2.75) is 19.3 Å². The van der Waals surface area contributed by atoms with Gasteiger partial charge in [-0.15, -0.1) is 0 Å². The van der Waals surface area contributed by atoms with E-state index in [1.807, 2.05) is 18.2 Å². The number of hydrogen-bond acceptors (Lipinski definition) is 5. The molecule has 0 bridgehead atoms. The second-order valence-electron chi connectivity index (χ2n) is 5.91. The van der Waals surface area contributed by atoms with Crippen LogP contribution in [-0.2, 0) is 0 Å². The standard InChI is InChI=1S/C16H18N2O3/c19-6-4-16(2-3-16)9-18-15-12-8-14-13(20-10-21-14)7-11(12)1-5-17-15/h1,5,7-8,19H,2-4,6,9-10H2,(H,17,18). The van der Waals surface area contributed by atoms with E-state index in [0.717, 1.165) is 41.1 Å². The van der Waals surface area contributed by atoms with Crippen molar-refractivity contribution in [3.05, 3.63) is 24.4 Å². The number of anilines is 1. The molecule has 21 heavy (non-hydrogen) atoms. The van der Waals surface area contributed by atoms with Gasteiger partial charge in [0, 0.05) is 24.7 Å². The maximum absolute atomic E-state index is 9.14. The third-order valence-electron chi connectivity index (χ3n) is 4.49. The molecular weight excluding hydrogens is 268 g/mol. The van der Waals surface area contributed by atoms with E-state index in [1.165, 1.54) is 12.8 Å². The lowest BCUT2D eigenvalue weighted by molar-refractivity contribution is 0.174. The number of benzene rings is 1. The van der Waals surface area contributed by atoms with Crippen LogP contribution < -0.4 is 14.8 Å². The van der Waals surface area contributed by atoms with E-state index in [2.05, 4.69) is 10.3 Å². The average Bonchev–Trinajstić information content (AvgIpc) is 3.11. The van der Waals surface area contributed by atoms with Crippen molar-refractivity contribution in [3.8, 4) is 11.5 Å². The summed E-state index contributed by atoms with van der Waals surface area (Å²) >= 11 is 0. The van der Waals surface area contributed by atoms with Gasteiger partial charge in [-0.1, -0.05) is 0 Å². The van der Waals surface area contributed by atoms with Crippen molar-refractivity contribution in [2.75, 3.05) is 25.3 Å². The van der Waals surface area contributed by atoms with Gasteiger partial charge >= 0.3 is 0 Å². The van der Waals surface area contributed by atoms with Gasteiger partial charge in [-0.3, -0.25) is 0 Å². The van der Waals surface area contributed by atoms with Gasteiger partial charge in [0.05, 0.1) is 0 Å². The molecule has 5 heteroatoms. The van der Waals surface area contributed by atoms with E-state index in [-0.39, 0.29) is 18.8 Å². The first-order chi connectivity index (χ1) is 10.3. The number of fused-ring (bicyclic) bond motifs is 2. The van der Waals surface area contributed by atoms with E-state index in [4.69, 9.17) is 14.6 Å². The molecule has 1 fully saturated rings. The zero-order valence-corrected chi connectivity index (χ0v) is 11.8. The molecular formula is C16H18N2O3. The summed E-state index contributed by atoms with van der Waals surface area (Å²) in [6.07, 6.45) is 5.02. The average molecular weight is 286 g/mol. The van der Waals surface area contributed by atoms with E-state index in [1.54, 1.807) is 6.20 Å². The maximum Gasteiger partial charge on any atom is 0.231 e. The van der Waals surface area contributed by atoms with Gasteiger partial charge < -0.3 is 19.9 Å². The van der Waals surface area contributed by atoms with Gasteiger partial charge in [0.2, 0.25) is 6.79 Å². The highest BCUT2D eigenvalue weighted by atomic mass is 16.7. The minimum absolute atomic E-state index is 0.253. The Bertz CT molecular complexity index is 683. The third kappa shape index (κ3) is 2.27. The first kappa shape index (κ1) is 12.7. The van der Waals surface area contributed by atoms with Gasteiger partial charge in [-0.2, -0.15) is 0 Å². The van der Waals surface area contributed by atoms with Crippen molar-refractivity contribution < 1.29 is 14.6 Å². The minimum Gasteiger partial charge on any atom is -0.454 e. The first-order valence-electron chi connectivity index (χ1n) is 7.33. The molecule has 2 aromatic rings. The number of aliphatic hydroxyl groups is 1. The molecule has 4 rings (SSSR count). The van der Waals surface area contributed by atoms with Crippen LogP contribution in [0.15, 0.2) is 24.4 Å². The molecule has 1 aromatic heterocycles. The van der Waals surface area contributed by atoms with Gasteiger partial charge in [0.25, 0.3) is 0 Å². The Balaban J connectivity index is 1.63. The third-order valence-corrected chi connectivity index (χ3v) is 4.49. The van der Waals surface area contributed by atoms with Crippen molar-refractivity contribution in [1.82, 2.24) is 4.98 Å². The highest BCUT2D eigenvalue weighted by molar-refractivity contribution is 5.94. The summed E-state index contributed by atoms with van der Waals surface area (Å²) < 4.78 is 10.9. The summed E-state index contributed by atoms with van der Waals surface area (Å²) in [5, 5.41) is 14.7. The molecule has 1 saturated carbocycles. The number of nitrogens with one attached hydrogen (secondary N) is 1. The van der Waals surface area contributed by atoms with Gasteiger partial charge in [0.1, 0.15) is 5.82 Å². The SMILES string of the molecule is OCCC1(CNc2nccc3cc4c(cc23)OCO4)CC1. The molecule has 0 amide bonds. The van der Waals surface area contributed by atoms with Crippen LogP contribution in [-0.4, -0.2) is 30.0 Å². The molecule has 1 aromatic carbocycles. The van der Waals surface area contributed by atoms with E-state index < -0.39 is 0 Å². The Hall–Kier alpha value is -2.01. The Morgan fingerprint density at radius 2 is 2.05 bits per heavy atom. The number of aromatic nitrogens is 1. The van der Waals surface area contributed by atoms with Crippen LogP contribution in [0.25, 0.3) is 10.8 Å². The highest BCUT2D eigenvalue weighted by Crippen LogP contribution is 2.48. The van der Waals surface area contributed by atoms with Crippen LogP contribution >= 0.6 is 0 Å². The number of nitrogens with zero attached hydrogens (tertiary/aromatic N) is 1. The fraction of sp³-hybridized carbons (Fsp3) is 0.438. The molecule has 1 aliphatic carbocycles. The van der Waals surface area contributed by atoms with Crippen molar-refractivity contribution in [2.24, 2.45) is 5.41 Å². The molecule has 2 aliphatic rings. The lowest BCUT2D eigenvalue weighted by atomic mass is 10.0. The molecule has 2 N–H and O–H groups in total. The summed E-state index contributed by atoms with van der Waals surface area (Å²) in [5.41, 5.74) is 0.259. The topological polar surface area (TPSA) is 63.6 Å². The summed E-state index contributed by atoms with van der Waals surface area (Å²) in [6.45, 7) is 1.39. The van der Waals surface area contributed by atoms with Crippen molar-refractivity contribution >= 4 is 16.6 Å². The van der Waals surface area contributed by atoms with Crippen LogP contribution in [0.1, 0.15) is 19.3 Å². The fourth-order valence-electron chi connectivity index (χ4n) is 2.90. The summed E-state index contributed by atoms with van der Waals surface area (Å²) in [7, 11) is 0. The Labute approximate surface area is 122 Å². The van der Waals surface area contributed by atoms with Crippen molar-refractivity contribution in [3.63, 3.8) is 0 Å². The second kappa shape index (κ2) is 4.77. The Morgan fingerprint density at radius 1 is 1.24 bits per heavy atom. The van der Waals surface area contributed by atoms with E-state index in [9.17, 15) is 0 Å². The zero-order chi connectivity index (χ0) is 14.3. The predicted molar refractivity (Wildman–Crippen MR) is 79.7 cm³/mol. The second-order valence-corrected chi connectivity index (χ2v) is 5.91. The molecule has 0 atom stereocenters. The Kier molecular flexibility index (Phi) is 2.89. The largest absolute Gasteiger partial charge is 0.454 e. The predicted octanol–water partition coefficient (Wildman–Crippen LogP) is 2.54. The highest BCUT2D eigenvalue weighted by Gasteiger charge is 2.41. The molecule has 0 unspecified atom stereocenters. The lowest BCUT2D eigenvalue weighted by Gasteiger charge is -2.16. The fourth-order valence-corrected chi connectivity index (χ4v) is 2.90. The molecule has 2 heterocycles. The van der Waals surface area contributed by atoms with Crippen LogP contribution in [0.4, 0.5) is 5.82 Å². The number of hydrogen-bond donors (Lipinski definition) is 2. The summed E-state index contributed by atoms with van der Waals surface area (Å²) in [5.74, 6) is 2.43. The van der Waals surface area contributed by atoms with E-state index in [0.29, 0.717) is 0 Å². The molecule has 0 spiro atoms. The Morgan fingerprint density at radius 3 is 2.81 bits per heavy atom. The number of ether oxygens (including phenoxy) is 2. The van der Waals surface area contributed by atoms with Gasteiger partial charge in [-0.25, -0.2) is 4.98 Å². The molecule has 110 valence electrons. The molecule has 1 aliphatic heterocycles. The lowest BCUT2D eigenvalue weighted by Crippen LogP contribution is -2.17. The molecule has 0 saturated heterocycles. The number of rotatable bonds is 5. The van der Waals surface area contributed by atoms with Crippen molar-refractivity contribution in [1.29, 1.82) is 0 Å². The first-order valence-corrected chi connectivity index (χ1v) is 7.33. The van der Waals surface area contributed by atoms with Crippen LogP contribution in [0.2, 0.25) is 0 Å². The van der Waals surface area contributed by atoms with Crippen LogP contribution in [0.5, 0.6) is 11.5 Å². The van der Waals surface area contributed by atoms with Crippen LogP contribution in [0.3, 0.4) is 0 Å². The normalized spacial score (nSPS) is 18.0.